The molecule has 0 fully saturated rings. The lowest BCUT2D eigenvalue weighted by atomic mass is 10.4. The van der Waals surface area contributed by atoms with Gasteiger partial charge < -0.3 is 11.5 Å². The number of nitrogens with two attached hydrogens (primary N) is 2. The highest BCUT2D eigenvalue weighted by atomic mass is 32.1. The molecule has 0 bridgehead atoms. The zero-order valence-electron chi connectivity index (χ0n) is 6.54. The SMILES string of the molecule is CCN(CC(N)=O)CC(N)=S. The average molecular weight is 175 g/mol. The number of thiocarbonyl (C=S) groups is 1. The van der Waals surface area contributed by atoms with Crippen molar-refractivity contribution in [1.29, 1.82) is 0 Å². The van der Waals surface area contributed by atoms with Gasteiger partial charge in [-0.3, -0.25) is 9.69 Å². The molecule has 4 nitrogen and oxygen atoms in total. The van der Waals surface area contributed by atoms with Crippen LogP contribution < -0.4 is 11.5 Å². The Morgan fingerprint density at radius 1 is 1.45 bits per heavy atom. The van der Waals surface area contributed by atoms with Crippen molar-refractivity contribution in [2.45, 2.75) is 6.92 Å². The number of amides is 1. The number of carbonyl (C=O) groups excluding carboxylic acids is 1. The van der Waals surface area contributed by atoms with Gasteiger partial charge >= 0.3 is 0 Å². The van der Waals surface area contributed by atoms with Crippen LogP contribution in [-0.4, -0.2) is 35.4 Å². The zero-order valence-corrected chi connectivity index (χ0v) is 7.36. The number of primary amides is 1. The van der Waals surface area contributed by atoms with E-state index in [2.05, 4.69) is 12.2 Å². The maximum absolute atomic E-state index is 10.4. The van der Waals surface area contributed by atoms with Crippen LogP contribution in [0.4, 0.5) is 0 Å². The van der Waals surface area contributed by atoms with Gasteiger partial charge in [0.15, 0.2) is 0 Å². The molecule has 0 heterocycles. The summed E-state index contributed by atoms with van der Waals surface area (Å²) in [6.45, 7) is 3.31. The number of rotatable bonds is 5. The molecule has 0 aromatic rings. The van der Waals surface area contributed by atoms with Crippen LogP contribution in [0, 0.1) is 0 Å². The standard InChI is InChI=1S/C6H13N3OS/c1-2-9(3-5(7)10)4-6(8)11/h2-4H2,1H3,(H2,7,10)(H2,8,11). The molecule has 5 heteroatoms. The highest BCUT2D eigenvalue weighted by molar-refractivity contribution is 7.80. The maximum atomic E-state index is 10.4. The smallest absolute Gasteiger partial charge is 0.231 e. The van der Waals surface area contributed by atoms with Crippen molar-refractivity contribution < 1.29 is 4.79 Å². The Kier molecular flexibility index (Phi) is 4.72. The van der Waals surface area contributed by atoms with E-state index in [4.69, 9.17) is 11.5 Å². The van der Waals surface area contributed by atoms with Crippen molar-refractivity contribution in [1.82, 2.24) is 4.90 Å². The fourth-order valence-electron chi connectivity index (χ4n) is 0.720. The van der Waals surface area contributed by atoms with Gasteiger partial charge in [-0.2, -0.15) is 0 Å². The summed E-state index contributed by atoms with van der Waals surface area (Å²) in [4.78, 5) is 12.6. The van der Waals surface area contributed by atoms with E-state index in [1.165, 1.54) is 0 Å². The summed E-state index contributed by atoms with van der Waals surface area (Å²) in [5.41, 5.74) is 10.3. The first kappa shape index (κ1) is 10.3. The third-order valence-electron chi connectivity index (χ3n) is 1.21. The van der Waals surface area contributed by atoms with E-state index < -0.39 is 0 Å². The first-order valence-electron chi connectivity index (χ1n) is 3.35. The van der Waals surface area contributed by atoms with Gasteiger partial charge in [-0.15, -0.1) is 0 Å². The molecule has 0 radical (unpaired) electrons. The average Bonchev–Trinajstić information content (AvgIpc) is 1.84. The number of hydrogen-bond donors (Lipinski definition) is 2. The molecule has 0 saturated carbocycles. The number of likely N-dealkylation sites (N-methyl/N-ethyl adjacent to an activating group) is 1. The number of carbonyl (C=O) groups is 1. The van der Waals surface area contributed by atoms with E-state index in [0.717, 1.165) is 6.54 Å². The summed E-state index contributed by atoms with van der Waals surface area (Å²) in [7, 11) is 0. The molecule has 0 unspecified atom stereocenters. The highest BCUT2D eigenvalue weighted by Gasteiger charge is 2.05. The van der Waals surface area contributed by atoms with Crippen LogP contribution in [0.15, 0.2) is 0 Å². The van der Waals surface area contributed by atoms with Gasteiger partial charge in [0, 0.05) is 6.54 Å². The lowest BCUT2D eigenvalue weighted by molar-refractivity contribution is -0.118. The molecule has 0 spiro atoms. The van der Waals surface area contributed by atoms with Crippen LogP contribution >= 0.6 is 12.2 Å². The summed E-state index contributed by atoms with van der Waals surface area (Å²) in [5, 5.41) is 0. The Morgan fingerprint density at radius 2 is 2.00 bits per heavy atom. The van der Waals surface area contributed by atoms with Crippen LogP contribution in [0.1, 0.15) is 6.92 Å². The molecular weight excluding hydrogens is 162 g/mol. The van der Waals surface area contributed by atoms with E-state index in [1.807, 2.05) is 6.92 Å². The Bertz CT molecular complexity index is 144. The summed E-state index contributed by atoms with van der Waals surface area (Å²) in [6, 6.07) is 0. The van der Waals surface area contributed by atoms with Crippen molar-refractivity contribution in [3.63, 3.8) is 0 Å². The molecule has 0 aliphatic carbocycles. The van der Waals surface area contributed by atoms with Crippen molar-refractivity contribution in [3.05, 3.63) is 0 Å². The van der Waals surface area contributed by atoms with Crippen molar-refractivity contribution in [2.75, 3.05) is 19.6 Å². The summed E-state index contributed by atoms with van der Waals surface area (Å²) >= 11 is 4.67. The van der Waals surface area contributed by atoms with E-state index in [1.54, 1.807) is 4.90 Å². The fourth-order valence-corrected chi connectivity index (χ4v) is 0.903. The summed E-state index contributed by atoms with van der Waals surface area (Å²) in [5.74, 6) is -0.358. The highest BCUT2D eigenvalue weighted by Crippen LogP contribution is 1.85. The predicted molar refractivity (Wildman–Crippen MR) is 48.1 cm³/mol. The van der Waals surface area contributed by atoms with Gasteiger partial charge in [0.2, 0.25) is 5.91 Å². The van der Waals surface area contributed by atoms with Gasteiger partial charge in [-0.25, -0.2) is 0 Å². The minimum absolute atomic E-state index is 0.216. The molecule has 0 aliphatic rings. The Hall–Kier alpha value is -0.680. The van der Waals surface area contributed by atoms with Crippen LogP contribution in [0.3, 0.4) is 0 Å². The fraction of sp³-hybridized carbons (Fsp3) is 0.667. The second-order valence-corrected chi connectivity index (χ2v) is 2.76. The van der Waals surface area contributed by atoms with Crippen molar-refractivity contribution in [3.8, 4) is 0 Å². The van der Waals surface area contributed by atoms with Crippen molar-refractivity contribution in [2.24, 2.45) is 11.5 Å². The molecule has 0 aromatic carbocycles. The Morgan fingerprint density at radius 3 is 2.27 bits per heavy atom. The summed E-state index contributed by atoms with van der Waals surface area (Å²) in [6.07, 6.45) is 0. The second kappa shape index (κ2) is 5.03. The largest absolute Gasteiger partial charge is 0.392 e. The van der Waals surface area contributed by atoms with Gasteiger partial charge in [0.1, 0.15) is 0 Å². The lowest BCUT2D eigenvalue weighted by Gasteiger charge is -2.16. The van der Waals surface area contributed by atoms with Gasteiger partial charge in [0.25, 0.3) is 0 Å². The molecule has 4 N–H and O–H groups in total. The van der Waals surface area contributed by atoms with Gasteiger partial charge in [-0.05, 0) is 6.54 Å². The molecule has 1 amide bonds. The molecule has 0 saturated heterocycles. The van der Waals surface area contributed by atoms with Gasteiger partial charge in [0.05, 0.1) is 11.5 Å². The van der Waals surface area contributed by atoms with E-state index in [0.29, 0.717) is 11.5 Å². The van der Waals surface area contributed by atoms with E-state index >= 15 is 0 Å². The Labute approximate surface area is 71.5 Å². The van der Waals surface area contributed by atoms with E-state index in [9.17, 15) is 4.79 Å². The molecule has 0 aliphatic heterocycles. The first-order valence-corrected chi connectivity index (χ1v) is 3.76. The summed E-state index contributed by atoms with van der Waals surface area (Å²) < 4.78 is 0. The minimum atomic E-state index is -0.358. The molecule has 0 rings (SSSR count). The van der Waals surface area contributed by atoms with Crippen LogP contribution in [0.5, 0.6) is 0 Å². The molecule has 0 atom stereocenters. The van der Waals surface area contributed by atoms with Crippen LogP contribution in [-0.2, 0) is 4.79 Å². The molecule has 64 valence electrons. The first-order chi connectivity index (χ1) is 5.06. The lowest BCUT2D eigenvalue weighted by Crippen LogP contribution is -2.38. The van der Waals surface area contributed by atoms with Crippen LogP contribution in [0.25, 0.3) is 0 Å². The predicted octanol–water partition coefficient (Wildman–Crippen LogP) is -0.920. The normalized spacial score (nSPS) is 10.0. The Balaban J connectivity index is 3.76. The third kappa shape index (κ3) is 5.75. The number of nitrogens with zero attached hydrogens (tertiary/aromatic N) is 1. The van der Waals surface area contributed by atoms with E-state index in [-0.39, 0.29) is 12.5 Å². The second-order valence-electron chi connectivity index (χ2n) is 2.24. The molecule has 0 aromatic heterocycles. The van der Waals surface area contributed by atoms with Crippen LogP contribution in [0.2, 0.25) is 0 Å². The minimum Gasteiger partial charge on any atom is -0.392 e. The molecule has 11 heavy (non-hydrogen) atoms. The third-order valence-corrected chi connectivity index (χ3v) is 1.34. The molecular formula is C6H13N3OS. The van der Waals surface area contributed by atoms with Crippen molar-refractivity contribution >= 4 is 23.1 Å². The maximum Gasteiger partial charge on any atom is 0.231 e. The van der Waals surface area contributed by atoms with Gasteiger partial charge in [-0.1, -0.05) is 19.1 Å². The topological polar surface area (TPSA) is 72.3 Å². The number of hydrogen-bond acceptors (Lipinski definition) is 3. The quantitative estimate of drug-likeness (QED) is 0.530. The monoisotopic (exact) mass is 175 g/mol. The zero-order chi connectivity index (χ0) is 8.85.